The van der Waals surface area contributed by atoms with Crippen molar-refractivity contribution in [2.45, 2.75) is 130 Å². The first-order chi connectivity index (χ1) is 16.2. The van der Waals surface area contributed by atoms with Crippen LogP contribution in [0.25, 0.3) is 0 Å². The van der Waals surface area contributed by atoms with Gasteiger partial charge in [-0.3, -0.25) is 9.59 Å². The molecule has 0 aliphatic carbocycles. The summed E-state index contributed by atoms with van der Waals surface area (Å²) in [6.45, 7) is 7.47. The zero-order valence-corrected chi connectivity index (χ0v) is 28.2. The molecule has 0 saturated heterocycles. The smallest absolute Gasteiger partial charge is 0.550 e. The number of nitrogens with one attached hydrogen (secondary N) is 2. The molecule has 0 spiro atoms. The summed E-state index contributed by atoms with van der Waals surface area (Å²) < 4.78 is 0. The molecular formula is C26H50N2Na2O6. The molecule has 0 rings (SSSR count). The minimum Gasteiger partial charge on any atom is -0.550 e. The van der Waals surface area contributed by atoms with Gasteiger partial charge in [0.05, 0.1) is 0 Å². The summed E-state index contributed by atoms with van der Waals surface area (Å²) >= 11 is 0. The maximum atomic E-state index is 11.7. The van der Waals surface area contributed by atoms with Crippen LogP contribution in [0.4, 0.5) is 0 Å². The van der Waals surface area contributed by atoms with E-state index in [4.69, 9.17) is 19.8 Å². The van der Waals surface area contributed by atoms with Gasteiger partial charge in [-0.05, 0) is 26.7 Å². The van der Waals surface area contributed by atoms with E-state index in [0.717, 1.165) is 39.5 Å². The molecule has 0 radical (unpaired) electrons. The number of aliphatic carboxylic acids is 2. The van der Waals surface area contributed by atoms with Crippen LogP contribution in [-0.2, 0) is 19.2 Å². The third-order valence-electron chi connectivity index (χ3n) is 4.78. The van der Waals surface area contributed by atoms with Gasteiger partial charge < -0.3 is 30.4 Å². The Hall–Kier alpha value is -0.120. The largest absolute Gasteiger partial charge is 1.00 e. The molecule has 0 saturated carbocycles. The minimum atomic E-state index is -1.08. The molecule has 0 heterocycles. The molecule has 0 aromatic rings. The molecule has 0 aromatic heterocycles. The summed E-state index contributed by atoms with van der Waals surface area (Å²) in [7, 11) is 0. The van der Waals surface area contributed by atoms with Crippen LogP contribution in [0.3, 0.4) is 0 Å². The molecule has 0 fully saturated rings. The summed E-state index contributed by atoms with van der Waals surface area (Å²) in [6.07, 6.45) is 18.4. The van der Waals surface area contributed by atoms with Crippen molar-refractivity contribution < 1.29 is 88.5 Å². The molecular weight excluding hydrogens is 482 g/mol. The Bertz CT molecular complexity index is 457. The molecule has 2 amide bonds. The Morgan fingerprint density at radius 3 is 0.972 bits per heavy atom. The van der Waals surface area contributed by atoms with Crippen molar-refractivity contribution in [2.75, 3.05) is 13.1 Å². The van der Waals surface area contributed by atoms with E-state index in [0.29, 0.717) is 25.9 Å². The normalized spacial score (nSPS) is 9.11. The summed E-state index contributed by atoms with van der Waals surface area (Å²) in [5.74, 6) is -1.94. The van der Waals surface area contributed by atoms with Crippen molar-refractivity contribution >= 4 is 23.8 Å². The van der Waals surface area contributed by atoms with Crippen molar-refractivity contribution in [3.8, 4) is 0 Å². The molecule has 10 heteroatoms. The van der Waals surface area contributed by atoms with E-state index in [1.54, 1.807) is 0 Å². The third kappa shape index (κ3) is 59.2. The molecule has 8 nitrogen and oxygen atoms in total. The van der Waals surface area contributed by atoms with E-state index in [9.17, 15) is 9.59 Å². The Morgan fingerprint density at radius 1 is 0.500 bits per heavy atom. The van der Waals surface area contributed by atoms with Crippen molar-refractivity contribution in [1.29, 1.82) is 0 Å². The second kappa shape index (κ2) is 39.4. The first kappa shape index (κ1) is 45.8. The fraction of sp³-hybridized carbons (Fsp3) is 0.846. The van der Waals surface area contributed by atoms with Gasteiger partial charge in [-0.1, -0.05) is 90.9 Å². The van der Waals surface area contributed by atoms with E-state index in [1.807, 2.05) is 0 Å². The number of carbonyl (C=O) groups excluding carboxylic acids is 4. The standard InChI is InChI=1S/C22H44N2O2.2C2H4O2.2Na/c1-3-5-7-9-11-13-15-17-21(25)23-19-20-24-22(26)18-16-14-12-10-8-6-4-2;2*1-2(3)4;;/h3-20H2,1-2H3,(H,23,25)(H,24,26);2*1H3,(H,3,4);;/q;;;2*+1/p-2. The van der Waals surface area contributed by atoms with Gasteiger partial charge in [0.15, 0.2) is 0 Å². The number of rotatable bonds is 19. The van der Waals surface area contributed by atoms with E-state index in [2.05, 4.69) is 24.5 Å². The van der Waals surface area contributed by atoms with Gasteiger partial charge in [0.2, 0.25) is 11.8 Å². The number of carbonyl (C=O) groups is 4. The van der Waals surface area contributed by atoms with Crippen LogP contribution in [-0.4, -0.2) is 36.8 Å². The average Bonchev–Trinajstić information content (AvgIpc) is 2.74. The van der Waals surface area contributed by atoms with Crippen LogP contribution in [0, 0.1) is 0 Å². The zero-order valence-electron chi connectivity index (χ0n) is 24.2. The predicted octanol–water partition coefficient (Wildman–Crippen LogP) is -2.98. The number of unbranched alkanes of at least 4 members (excludes halogenated alkanes) is 12. The van der Waals surface area contributed by atoms with E-state index >= 15 is 0 Å². The van der Waals surface area contributed by atoms with Crippen molar-refractivity contribution in [2.24, 2.45) is 0 Å². The van der Waals surface area contributed by atoms with Gasteiger partial charge in [0.1, 0.15) is 0 Å². The molecule has 0 unspecified atom stereocenters. The molecule has 0 bridgehead atoms. The Labute approximate surface area is 264 Å². The maximum Gasteiger partial charge on any atom is 1.00 e. The molecule has 202 valence electrons. The fourth-order valence-corrected chi connectivity index (χ4v) is 3.07. The first-order valence-corrected chi connectivity index (χ1v) is 13.1. The van der Waals surface area contributed by atoms with Crippen LogP contribution in [0.1, 0.15) is 130 Å². The van der Waals surface area contributed by atoms with Gasteiger partial charge in [0.25, 0.3) is 0 Å². The van der Waals surface area contributed by atoms with Crippen molar-refractivity contribution in [3.63, 3.8) is 0 Å². The van der Waals surface area contributed by atoms with Gasteiger partial charge >= 0.3 is 59.1 Å². The molecule has 0 aliphatic heterocycles. The number of amides is 2. The van der Waals surface area contributed by atoms with Gasteiger partial charge in [-0.2, -0.15) is 0 Å². The summed E-state index contributed by atoms with van der Waals surface area (Å²) in [5.41, 5.74) is 0. The van der Waals surface area contributed by atoms with E-state index in [1.165, 1.54) is 64.2 Å². The van der Waals surface area contributed by atoms with Crippen LogP contribution in [0.5, 0.6) is 0 Å². The van der Waals surface area contributed by atoms with Gasteiger partial charge in [0, 0.05) is 37.9 Å². The number of carboxylic acid groups (broad SMARTS) is 2. The first-order valence-electron chi connectivity index (χ1n) is 13.1. The van der Waals surface area contributed by atoms with E-state index in [-0.39, 0.29) is 70.9 Å². The predicted molar refractivity (Wildman–Crippen MR) is 133 cm³/mol. The van der Waals surface area contributed by atoms with Crippen LogP contribution >= 0.6 is 0 Å². The van der Waals surface area contributed by atoms with E-state index < -0.39 is 11.9 Å². The Balaban J connectivity index is -0.000000278. The van der Waals surface area contributed by atoms with Crippen molar-refractivity contribution in [1.82, 2.24) is 10.6 Å². The Kier molecular flexibility index (Phi) is 50.1. The minimum absolute atomic E-state index is 0. The van der Waals surface area contributed by atoms with Crippen LogP contribution in [0.15, 0.2) is 0 Å². The monoisotopic (exact) mass is 532 g/mol. The fourth-order valence-electron chi connectivity index (χ4n) is 3.07. The quantitative estimate of drug-likeness (QED) is 0.135. The zero-order chi connectivity index (χ0) is 26.5. The van der Waals surface area contributed by atoms with Gasteiger partial charge in [-0.25, -0.2) is 0 Å². The Morgan fingerprint density at radius 2 is 0.722 bits per heavy atom. The van der Waals surface area contributed by atoms with Crippen LogP contribution in [0.2, 0.25) is 0 Å². The van der Waals surface area contributed by atoms with Gasteiger partial charge in [-0.15, -0.1) is 0 Å². The second-order valence-corrected chi connectivity index (χ2v) is 8.43. The molecule has 2 N–H and O–H groups in total. The number of carboxylic acids is 2. The molecule has 0 aromatic carbocycles. The topological polar surface area (TPSA) is 138 Å². The number of hydrogen-bond acceptors (Lipinski definition) is 6. The number of hydrogen-bond donors (Lipinski definition) is 2. The average molecular weight is 533 g/mol. The maximum absolute atomic E-state index is 11.7. The summed E-state index contributed by atoms with van der Waals surface area (Å²) in [5, 5.41) is 23.6. The summed E-state index contributed by atoms with van der Waals surface area (Å²) in [4.78, 5) is 41.2. The molecule has 36 heavy (non-hydrogen) atoms. The molecule has 0 aliphatic rings. The summed E-state index contributed by atoms with van der Waals surface area (Å²) in [6, 6.07) is 0. The second-order valence-electron chi connectivity index (χ2n) is 8.43. The third-order valence-corrected chi connectivity index (χ3v) is 4.78. The van der Waals surface area contributed by atoms with Crippen LogP contribution < -0.4 is 80.0 Å². The SMILES string of the molecule is CC(=O)[O-].CC(=O)[O-].CCCCCCCCCC(=O)NCCNC(=O)CCCCCCCCC.[Na+].[Na+]. The van der Waals surface area contributed by atoms with Crippen molar-refractivity contribution in [3.05, 3.63) is 0 Å². The molecule has 0 atom stereocenters.